The van der Waals surface area contributed by atoms with Crippen LogP contribution in [0.3, 0.4) is 0 Å². The van der Waals surface area contributed by atoms with Crippen LogP contribution in [0.4, 0.5) is 0 Å². The number of likely N-dealkylation sites (tertiary alicyclic amines) is 1. The first-order chi connectivity index (χ1) is 11.1. The number of rotatable bonds is 4. The number of carbonyl (C=O) groups is 2. The van der Waals surface area contributed by atoms with Crippen molar-refractivity contribution in [3.63, 3.8) is 0 Å². The van der Waals surface area contributed by atoms with Crippen molar-refractivity contribution in [3.8, 4) is 5.75 Å². The smallest absolute Gasteiger partial charge is 0.326 e. The fraction of sp³-hybridized carbons (Fsp3) is 0.412. The molecule has 3 rings (SSSR count). The number of nitrogens with zero attached hydrogens (tertiary/aromatic N) is 1. The molecule has 2 heterocycles. The summed E-state index contributed by atoms with van der Waals surface area (Å²) in [5.74, 6) is -0.363. The monoisotopic (exact) mass is 316 g/mol. The third kappa shape index (κ3) is 2.88. The van der Waals surface area contributed by atoms with E-state index in [0.717, 1.165) is 29.3 Å². The van der Waals surface area contributed by atoms with E-state index in [1.165, 1.54) is 4.90 Å². The Morgan fingerprint density at radius 3 is 2.96 bits per heavy atom. The molecule has 0 aliphatic carbocycles. The van der Waals surface area contributed by atoms with Crippen molar-refractivity contribution < 1.29 is 19.4 Å². The number of benzene rings is 1. The maximum atomic E-state index is 12.6. The maximum absolute atomic E-state index is 12.6. The number of hydrogen-bond acceptors (Lipinski definition) is 3. The molecular weight excluding hydrogens is 296 g/mol. The second-order valence-corrected chi connectivity index (χ2v) is 5.81. The Bertz CT molecular complexity index is 737. The first-order valence-electron chi connectivity index (χ1n) is 7.77. The highest BCUT2D eigenvalue weighted by molar-refractivity contribution is 5.94. The second-order valence-electron chi connectivity index (χ2n) is 5.81. The van der Waals surface area contributed by atoms with Crippen LogP contribution in [0.15, 0.2) is 24.4 Å². The molecule has 0 unspecified atom stereocenters. The average Bonchev–Trinajstić information content (AvgIpc) is 2.98. The van der Waals surface area contributed by atoms with Gasteiger partial charge in [-0.15, -0.1) is 0 Å². The number of methoxy groups -OCH3 is 1. The first-order valence-corrected chi connectivity index (χ1v) is 7.77. The summed E-state index contributed by atoms with van der Waals surface area (Å²) in [6, 6.07) is 4.95. The van der Waals surface area contributed by atoms with Crippen molar-refractivity contribution in [2.24, 2.45) is 0 Å². The van der Waals surface area contributed by atoms with Gasteiger partial charge in [-0.25, -0.2) is 4.79 Å². The number of carbonyl (C=O) groups excluding carboxylic acids is 1. The Hall–Kier alpha value is -2.50. The highest BCUT2D eigenvalue weighted by atomic mass is 16.5. The topological polar surface area (TPSA) is 82.6 Å². The molecule has 2 N–H and O–H groups in total. The number of fused-ring (bicyclic) bond motifs is 1. The quantitative estimate of drug-likeness (QED) is 0.906. The number of nitrogens with one attached hydrogen (secondary N) is 1. The Balaban J connectivity index is 1.86. The van der Waals surface area contributed by atoms with E-state index >= 15 is 0 Å². The number of hydrogen-bond donors (Lipinski definition) is 2. The van der Waals surface area contributed by atoms with Crippen molar-refractivity contribution in [2.45, 2.75) is 31.7 Å². The van der Waals surface area contributed by atoms with E-state index in [9.17, 15) is 14.7 Å². The van der Waals surface area contributed by atoms with Crippen LogP contribution < -0.4 is 4.74 Å². The Morgan fingerprint density at radius 2 is 2.22 bits per heavy atom. The lowest BCUT2D eigenvalue weighted by Gasteiger charge is -2.33. The van der Waals surface area contributed by atoms with Gasteiger partial charge in [0.05, 0.1) is 13.5 Å². The molecule has 1 aliphatic rings. The van der Waals surface area contributed by atoms with Gasteiger partial charge in [0.15, 0.2) is 0 Å². The molecule has 23 heavy (non-hydrogen) atoms. The van der Waals surface area contributed by atoms with Gasteiger partial charge < -0.3 is 19.7 Å². The van der Waals surface area contributed by atoms with Gasteiger partial charge in [0.25, 0.3) is 0 Å². The molecular formula is C17H20N2O4. The lowest BCUT2D eigenvalue weighted by atomic mass is 10.0. The van der Waals surface area contributed by atoms with Gasteiger partial charge in [0, 0.05) is 23.6 Å². The molecule has 1 amide bonds. The highest BCUT2D eigenvalue weighted by Gasteiger charge is 2.32. The third-order valence-corrected chi connectivity index (χ3v) is 4.42. The fourth-order valence-corrected chi connectivity index (χ4v) is 3.28. The average molecular weight is 316 g/mol. The van der Waals surface area contributed by atoms with Gasteiger partial charge in [-0.3, -0.25) is 4.79 Å². The number of amides is 1. The number of piperidine rings is 1. The molecule has 1 atom stereocenters. The molecule has 1 aromatic carbocycles. The summed E-state index contributed by atoms with van der Waals surface area (Å²) in [4.78, 5) is 28.6. The number of aliphatic carboxylic acids is 1. The number of ether oxygens (including phenoxy) is 1. The SMILES string of the molecule is COc1cccc2[nH]cc(CC(=O)N3CCCC[C@@H]3C(=O)O)c12. The minimum absolute atomic E-state index is 0.149. The predicted molar refractivity (Wildman–Crippen MR) is 85.5 cm³/mol. The number of carboxylic acid groups (broad SMARTS) is 1. The lowest BCUT2D eigenvalue weighted by Crippen LogP contribution is -2.48. The molecule has 0 saturated carbocycles. The molecule has 1 aliphatic heterocycles. The number of aromatic nitrogens is 1. The number of aromatic amines is 1. The fourth-order valence-electron chi connectivity index (χ4n) is 3.28. The van der Waals surface area contributed by atoms with Crippen LogP contribution in [0, 0.1) is 0 Å². The number of H-pyrrole nitrogens is 1. The van der Waals surface area contributed by atoms with Crippen LogP contribution in [0.5, 0.6) is 5.75 Å². The molecule has 6 heteroatoms. The van der Waals surface area contributed by atoms with Gasteiger partial charge >= 0.3 is 5.97 Å². The zero-order valence-electron chi connectivity index (χ0n) is 13.0. The van der Waals surface area contributed by atoms with E-state index in [2.05, 4.69) is 4.98 Å². The molecule has 0 radical (unpaired) electrons. The maximum Gasteiger partial charge on any atom is 0.326 e. The largest absolute Gasteiger partial charge is 0.496 e. The van der Waals surface area contributed by atoms with Crippen LogP contribution >= 0.6 is 0 Å². The van der Waals surface area contributed by atoms with Gasteiger partial charge in [0.1, 0.15) is 11.8 Å². The summed E-state index contributed by atoms with van der Waals surface area (Å²) >= 11 is 0. The van der Waals surface area contributed by atoms with Crippen LogP contribution in [0.25, 0.3) is 10.9 Å². The van der Waals surface area contributed by atoms with Crippen LogP contribution in [0.1, 0.15) is 24.8 Å². The zero-order valence-corrected chi connectivity index (χ0v) is 13.0. The Kier molecular flexibility index (Phi) is 4.23. The second kappa shape index (κ2) is 6.32. The summed E-state index contributed by atoms with van der Waals surface area (Å²) in [5, 5.41) is 10.2. The van der Waals surface area contributed by atoms with Gasteiger partial charge in [0.2, 0.25) is 5.91 Å². The zero-order chi connectivity index (χ0) is 16.4. The van der Waals surface area contributed by atoms with Crippen molar-refractivity contribution in [2.75, 3.05) is 13.7 Å². The first kappa shape index (κ1) is 15.4. The number of carboxylic acids is 1. The highest BCUT2D eigenvalue weighted by Crippen LogP contribution is 2.29. The van der Waals surface area contributed by atoms with Crippen molar-refractivity contribution in [3.05, 3.63) is 30.0 Å². The predicted octanol–water partition coefficient (Wildman–Crippen LogP) is 2.18. The lowest BCUT2D eigenvalue weighted by molar-refractivity contribution is -0.151. The third-order valence-electron chi connectivity index (χ3n) is 4.42. The van der Waals surface area contributed by atoms with Crippen molar-refractivity contribution >= 4 is 22.8 Å². The minimum atomic E-state index is -0.922. The summed E-state index contributed by atoms with van der Waals surface area (Å²) in [6.45, 7) is 0.509. The van der Waals surface area contributed by atoms with Crippen molar-refractivity contribution in [1.82, 2.24) is 9.88 Å². The molecule has 0 spiro atoms. The van der Waals surface area contributed by atoms with E-state index in [-0.39, 0.29) is 12.3 Å². The molecule has 122 valence electrons. The van der Waals surface area contributed by atoms with E-state index in [1.807, 2.05) is 18.2 Å². The normalized spacial score (nSPS) is 18.1. The van der Waals surface area contributed by atoms with Crippen LogP contribution in [0.2, 0.25) is 0 Å². The van der Waals surface area contributed by atoms with Crippen LogP contribution in [-0.2, 0) is 16.0 Å². The van der Waals surface area contributed by atoms with E-state index in [4.69, 9.17) is 4.74 Å². The molecule has 2 aromatic rings. The molecule has 1 aromatic heterocycles. The Labute approximate surface area is 134 Å². The van der Waals surface area contributed by atoms with Crippen molar-refractivity contribution in [1.29, 1.82) is 0 Å². The molecule has 6 nitrogen and oxygen atoms in total. The summed E-state index contributed by atoms with van der Waals surface area (Å²) in [5.41, 5.74) is 1.73. The molecule has 0 bridgehead atoms. The molecule has 1 fully saturated rings. The summed E-state index contributed by atoms with van der Waals surface area (Å²) in [7, 11) is 1.60. The van der Waals surface area contributed by atoms with E-state index < -0.39 is 12.0 Å². The molecule has 1 saturated heterocycles. The van der Waals surface area contributed by atoms with Gasteiger partial charge in [-0.05, 0) is 37.0 Å². The van der Waals surface area contributed by atoms with Crippen LogP contribution in [-0.4, -0.2) is 46.6 Å². The summed E-state index contributed by atoms with van der Waals surface area (Å²) in [6.07, 6.45) is 4.20. The minimum Gasteiger partial charge on any atom is -0.496 e. The summed E-state index contributed by atoms with van der Waals surface area (Å²) < 4.78 is 5.37. The van der Waals surface area contributed by atoms with E-state index in [0.29, 0.717) is 18.7 Å². The van der Waals surface area contributed by atoms with E-state index in [1.54, 1.807) is 13.3 Å². The Morgan fingerprint density at radius 1 is 1.39 bits per heavy atom. The standard InChI is InChI=1S/C17H20N2O4/c1-23-14-7-4-5-12-16(14)11(10-18-12)9-15(20)19-8-3-2-6-13(19)17(21)22/h4-5,7,10,13,18H,2-3,6,8-9H2,1H3,(H,21,22)/t13-/m1/s1. The van der Waals surface area contributed by atoms with Gasteiger partial charge in [-0.1, -0.05) is 6.07 Å². The van der Waals surface area contributed by atoms with Gasteiger partial charge in [-0.2, -0.15) is 0 Å².